The minimum absolute atomic E-state index is 0.627. The normalized spacial score (nSPS) is 25.3. The fraction of sp³-hybridized carbons (Fsp3) is 0.500. The predicted molar refractivity (Wildman–Crippen MR) is 73.8 cm³/mol. The summed E-state index contributed by atoms with van der Waals surface area (Å²) in [7, 11) is 0. The summed E-state index contributed by atoms with van der Waals surface area (Å²) >= 11 is 1.88. The molecule has 1 aromatic carbocycles. The second kappa shape index (κ2) is 4.39. The van der Waals surface area contributed by atoms with Gasteiger partial charge in [-0.1, -0.05) is 6.07 Å². The Hall–Kier alpha value is -0.930. The summed E-state index contributed by atoms with van der Waals surface area (Å²) in [6.07, 6.45) is 2.45. The SMILES string of the molecule is Cc1ccc2nc(C3CCNC(C)C3)sc2c1. The van der Waals surface area contributed by atoms with Gasteiger partial charge in [0.15, 0.2) is 0 Å². The summed E-state index contributed by atoms with van der Waals surface area (Å²) in [5.74, 6) is 0.656. The van der Waals surface area contributed by atoms with E-state index in [1.807, 2.05) is 11.3 Å². The van der Waals surface area contributed by atoms with Crippen molar-refractivity contribution in [3.63, 3.8) is 0 Å². The topological polar surface area (TPSA) is 24.9 Å². The van der Waals surface area contributed by atoms with Gasteiger partial charge in [-0.2, -0.15) is 0 Å². The minimum atomic E-state index is 0.627. The van der Waals surface area contributed by atoms with Crippen molar-refractivity contribution in [2.75, 3.05) is 6.54 Å². The van der Waals surface area contributed by atoms with Crippen molar-refractivity contribution >= 4 is 21.6 Å². The highest BCUT2D eigenvalue weighted by Crippen LogP contribution is 2.33. The zero-order valence-electron chi connectivity index (χ0n) is 10.4. The van der Waals surface area contributed by atoms with Crippen LogP contribution in [0.4, 0.5) is 0 Å². The van der Waals surface area contributed by atoms with Gasteiger partial charge in [-0.3, -0.25) is 0 Å². The molecule has 0 spiro atoms. The molecule has 1 saturated heterocycles. The van der Waals surface area contributed by atoms with Crippen molar-refractivity contribution in [2.24, 2.45) is 0 Å². The highest BCUT2D eigenvalue weighted by molar-refractivity contribution is 7.18. The highest BCUT2D eigenvalue weighted by Gasteiger charge is 2.22. The molecule has 3 heteroatoms. The van der Waals surface area contributed by atoms with E-state index in [0.717, 1.165) is 6.54 Å². The van der Waals surface area contributed by atoms with Crippen LogP contribution in [0.15, 0.2) is 18.2 Å². The number of aromatic nitrogens is 1. The number of fused-ring (bicyclic) bond motifs is 1. The van der Waals surface area contributed by atoms with Crippen LogP contribution in [0.25, 0.3) is 10.2 Å². The Labute approximate surface area is 106 Å². The van der Waals surface area contributed by atoms with Crippen LogP contribution in [0.5, 0.6) is 0 Å². The Kier molecular flexibility index (Phi) is 2.89. The number of rotatable bonds is 1. The third kappa shape index (κ3) is 2.22. The van der Waals surface area contributed by atoms with Gasteiger partial charge in [-0.05, 0) is 50.9 Å². The lowest BCUT2D eigenvalue weighted by atomic mass is 9.94. The van der Waals surface area contributed by atoms with Crippen molar-refractivity contribution in [1.82, 2.24) is 10.3 Å². The van der Waals surface area contributed by atoms with E-state index in [1.54, 1.807) is 0 Å². The molecule has 1 aliphatic heterocycles. The summed E-state index contributed by atoms with van der Waals surface area (Å²) < 4.78 is 1.34. The van der Waals surface area contributed by atoms with Crippen LogP contribution < -0.4 is 5.32 Å². The van der Waals surface area contributed by atoms with Crippen molar-refractivity contribution in [2.45, 2.75) is 38.6 Å². The zero-order chi connectivity index (χ0) is 11.8. The Balaban J connectivity index is 1.94. The Morgan fingerprint density at radius 2 is 2.29 bits per heavy atom. The molecule has 0 saturated carbocycles. The molecule has 0 amide bonds. The molecular weight excluding hydrogens is 228 g/mol. The van der Waals surface area contributed by atoms with E-state index < -0.39 is 0 Å². The van der Waals surface area contributed by atoms with Crippen molar-refractivity contribution in [3.8, 4) is 0 Å². The van der Waals surface area contributed by atoms with E-state index in [-0.39, 0.29) is 0 Å². The fourth-order valence-electron chi connectivity index (χ4n) is 2.58. The molecule has 1 N–H and O–H groups in total. The largest absolute Gasteiger partial charge is 0.314 e. The molecule has 17 heavy (non-hydrogen) atoms. The van der Waals surface area contributed by atoms with E-state index in [2.05, 4.69) is 37.4 Å². The number of aryl methyl sites for hydroxylation is 1. The zero-order valence-corrected chi connectivity index (χ0v) is 11.2. The number of hydrogen-bond donors (Lipinski definition) is 1. The lowest BCUT2D eigenvalue weighted by Crippen LogP contribution is -2.34. The van der Waals surface area contributed by atoms with Gasteiger partial charge >= 0.3 is 0 Å². The van der Waals surface area contributed by atoms with E-state index in [1.165, 1.54) is 33.6 Å². The average molecular weight is 246 g/mol. The molecule has 0 bridgehead atoms. The van der Waals surface area contributed by atoms with Gasteiger partial charge in [0.2, 0.25) is 0 Å². The summed E-state index contributed by atoms with van der Waals surface area (Å²) in [6.45, 7) is 5.54. The number of benzene rings is 1. The van der Waals surface area contributed by atoms with Gasteiger partial charge in [0.1, 0.15) is 0 Å². The lowest BCUT2D eigenvalue weighted by molar-refractivity contribution is 0.381. The Morgan fingerprint density at radius 1 is 1.41 bits per heavy atom. The number of piperidine rings is 1. The molecule has 3 rings (SSSR count). The number of thiazole rings is 1. The van der Waals surface area contributed by atoms with E-state index in [4.69, 9.17) is 4.98 Å². The first-order valence-corrected chi connectivity index (χ1v) is 7.14. The molecule has 1 aliphatic rings. The van der Waals surface area contributed by atoms with Crippen LogP contribution in [0.3, 0.4) is 0 Å². The van der Waals surface area contributed by atoms with Gasteiger partial charge in [0.25, 0.3) is 0 Å². The van der Waals surface area contributed by atoms with E-state index >= 15 is 0 Å². The van der Waals surface area contributed by atoms with Gasteiger partial charge in [-0.25, -0.2) is 4.98 Å². The van der Waals surface area contributed by atoms with Gasteiger partial charge in [0.05, 0.1) is 15.2 Å². The summed E-state index contributed by atoms with van der Waals surface area (Å²) in [5.41, 5.74) is 2.49. The molecule has 1 aromatic heterocycles. The van der Waals surface area contributed by atoms with Crippen molar-refractivity contribution < 1.29 is 0 Å². The minimum Gasteiger partial charge on any atom is -0.314 e. The molecule has 0 aliphatic carbocycles. The first kappa shape index (κ1) is 11.2. The average Bonchev–Trinajstić information content (AvgIpc) is 2.72. The maximum atomic E-state index is 4.80. The molecular formula is C14H18N2S. The predicted octanol–water partition coefficient (Wildman–Crippen LogP) is 3.46. The van der Waals surface area contributed by atoms with Gasteiger partial charge in [-0.15, -0.1) is 11.3 Å². The van der Waals surface area contributed by atoms with Crippen LogP contribution in [0.1, 0.15) is 36.3 Å². The fourth-order valence-corrected chi connectivity index (χ4v) is 3.79. The van der Waals surface area contributed by atoms with Crippen LogP contribution in [0, 0.1) is 6.92 Å². The molecule has 2 unspecified atom stereocenters. The smallest absolute Gasteiger partial charge is 0.0970 e. The first-order valence-electron chi connectivity index (χ1n) is 6.33. The second-order valence-corrected chi connectivity index (χ2v) is 6.16. The molecule has 1 fully saturated rings. The summed E-state index contributed by atoms with van der Waals surface area (Å²) in [4.78, 5) is 4.80. The van der Waals surface area contributed by atoms with E-state index in [0.29, 0.717) is 12.0 Å². The third-order valence-corrected chi connectivity index (χ3v) is 4.71. The quantitative estimate of drug-likeness (QED) is 0.833. The molecule has 2 aromatic rings. The van der Waals surface area contributed by atoms with Crippen molar-refractivity contribution in [1.29, 1.82) is 0 Å². The third-order valence-electron chi connectivity index (χ3n) is 3.53. The maximum absolute atomic E-state index is 4.80. The molecule has 2 nitrogen and oxygen atoms in total. The highest BCUT2D eigenvalue weighted by atomic mass is 32.1. The molecule has 90 valence electrons. The second-order valence-electron chi connectivity index (χ2n) is 5.10. The Bertz CT molecular complexity index is 532. The molecule has 2 atom stereocenters. The van der Waals surface area contributed by atoms with Gasteiger partial charge < -0.3 is 5.32 Å². The van der Waals surface area contributed by atoms with Crippen LogP contribution in [-0.2, 0) is 0 Å². The summed E-state index contributed by atoms with van der Waals surface area (Å²) in [6, 6.07) is 7.18. The van der Waals surface area contributed by atoms with Crippen LogP contribution >= 0.6 is 11.3 Å². The number of hydrogen-bond acceptors (Lipinski definition) is 3. The van der Waals surface area contributed by atoms with Crippen LogP contribution in [-0.4, -0.2) is 17.6 Å². The monoisotopic (exact) mass is 246 g/mol. The molecule has 0 radical (unpaired) electrons. The number of nitrogens with zero attached hydrogens (tertiary/aromatic N) is 1. The van der Waals surface area contributed by atoms with Crippen molar-refractivity contribution in [3.05, 3.63) is 28.8 Å². The Morgan fingerprint density at radius 3 is 3.12 bits per heavy atom. The maximum Gasteiger partial charge on any atom is 0.0970 e. The van der Waals surface area contributed by atoms with E-state index in [9.17, 15) is 0 Å². The standard InChI is InChI=1S/C14H18N2S/c1-9-3-4-12-13(7-9)17-14(16-12)11-5-6-15-10(2)8-11/h3-4,7,10-11,15H,5-6,8H2,1-2H3. The lowest BCUT2D eigenvalue weighted by Gasteiger charge is -2.26. The van der Waals surface area contributed by atoms with Crippen LogP contribution in [0.2, 0.25) is 0 Å². The summed E-state index contributed by atoms with van der Waals surface area (Å²) in [5, 5.41) is 4.83. The van der Waals surface area contributed by atoms with Gasteiger partial charge in [0, 0.05) is 12.0 Å². The first-order chi connectivity index (χ1) is 8.22. The number of nitrogens with one attached hydrogen (secondary N) is 1. The molecule has 2 heterocycles.